The van der Waals surface area contributed by atoms with Gasteiger partial charge in [-0.25, -0.2) is 9.59 Å². The van der Waals surface area contributed by atoms with Gasteiger partial charge in [0.05, 0.1) is 6.61 Å². The van der Waals surface area contributed by atoms with Crippen molar-refractivity contribution >= 4 is 12.1 Å². The molecule has 1 amide bonds. The van der Waals surface area contributed by atoms with E-state index >= 15 is 0 Å². The van der Waals surface area contributed by atoms with Crippen LogP contribution in [0.25, 0.3) is 0 Å². The van der Waals surface area contributed by atoms with Crippen molar-refractivity contribution in [1.82, 2.24) is 5.32 Å². The lowest BCUT2D eigenvalue weighted by molar-refractivity contribution is -0.160. The number of esters is 1. The molecule has 2 atom stereocenters. The number of ether oxygens (including phenoxy) is 3. The van der Waals surface area contributed by atoms with E-state index in [-0.39, 0.29) is 18.6 Å². The molecule has 1 aromatic carbocycles. The molecule has 0 heterocycles. The van der Waals surface area contributed by atoms with Crippen molar-refractivity contribution in [2.24, 2.45) is 0 Å². The lowest BCUT2D eigenvalue weighted by Gasteiger charge is -2.25. The van der Waals surface area contributed by atoms with Crippen LogP contribution in [0, 0.1) is 0 Å². The van der Waals surface area contributed by atoms with Crippen molar-refractivity contribution in [3.05, 3.63) is 35.4 Å². The van der Waals surface area contributed by atoms with Gasteiger partial charge in [-0.2, -0.15) is 0 Å². The quantitative estimate of drug-likeness (QED) is 0.794. The normalized spacial score (nSPS) is 19.3. The summed E-state index contributed by atoms with van der Waals surface area (Å²) in [6, 6.07) is 7.89. The van der Waals surface area contributed by atoms with Crippen LogP contribution < -0.4 is 5.32 Å². The molecule has 0 fully saturated rings. The minimum atomic E-state index is -0.557. The topological polar surface area (TPSA) is 73.9 Å². The first kappa shape index (κ1) is 21.2. The van der Waals surface area contributed by atoms with E-state index in [1.807, 2.05) is 65.8 Å². The summed E-state index contributed by atoms with van der Waals surface area (Å²) in [5, 5.41) is 2.95. The first-order valence-electron chi connectivity index (χ1n) is 9.31. The largest absolute Gasteiger partial charge is 0.458 e. The molecule has 27 heavy (non-hydrogen) atoms. The maximum absolute atomic E-state index is 12.2. The lowest BCUT2D eigenvalue weighted by Crippen LogP contribution is -2.42. The van der Waals surface area contributed by atoms with Crippen molar-refractivity contribution < 1.29 is 23.8 Å². The van der Waals surface area contributed by atoms with Gasteiger partial charge in [0.15, 0.2) is 0 Å². The zero-order valence-corrected chi connectivity index (χ0v) is 17.1. The standard InChI is InChI=1S/C21H31NO5/c1-20(2,3)26-18(23)13-25-12-16-15-10-8-7-9-14(15)11-17(16)22-19(24)27-21(4,5)6/h7-10,16-17H,11-13H2,1-6H3,(H,22,24)/t16?,17-/m1/s1. The molecule has 150 valence electrons. The third kappa shape index (κ3) is 6.86. The highest BCUT2D eigenvalue weighted by molar-refractivity contribution is 5.71. The molecule has 0 bridgehead atoms. The first-order valence-corrected chi connectivity index (χ1v) is 9.31. The molecular weight excluding hydrogens is 346 g/mol. The van der Waals surface area contributed by atoms with E-state index in [1.165, 1.54) is 5.56 Å². The van der Waals surface area contributed by atoms with Crippen LogP contribution in [0.3, 0.4) is 0 Å². The Hall–Kier alpha value is -2.08. The van der Waals surface area contributed by atoms with Crippen molar-refractivity contribution in [3.8, 4) is 0 Å². The number of carbonyl (C=O) groups excluding carboxylic acids is 2. The van der Waals surface area contributed by atoms with Crippen LogP contribution in [0.2, 0.25) is 0 Å². The zero-order valence-electron chi connectivity index (χ0n) is 17.1. The van der Waals surface area contributed by atoms with Crippen LogP contribution in [-0.2, 0) is 25.4 Å². The van der Waals surface area contributed by atoms with Crippen molar-refractivity contribution in [2.75, 3.05) is 13.2 Å². The Bertz CT molecular complexity index is 672. The summed E-state index contributed by atoms with van der Waals surface area (Å²) in [6.45, 7) is 11.1. The molecule has 0 saturated carbocycles. The average Bonchev–Trinajstić information content (AvgIpc) is 2.81. The Morgan fingerprint density at radius 3 is 2.30 bits per heavy atom. The van der Waals surface area contributed by atoms with E-state index in [4.69, 9.17) is 14.2 Å². The zero-order chi connectivity index (χ0) is 20.2. The second kappa shape index (κ2) is 8.30. The van der Waals surface area contributed by atoms with Gasteiger partial charge in [0.2, 0.25) is 0 Å². The molecule has 0 radical (unpaired) electrons. The van der Waals surface area contributed by atoms with E-state index in [0.717, 1.165) is 5.56 Å². The number of hydrogen-bond acceptors (Lipinski definition) is 5. The van der Waals surface area contributed by atoms with Crippen LogP contribution in [0.4, 0.5) is 4.79 Å². The van der Waals surface area contributed by atoms with Crippen molar-refractivity contribution in [3.63, 3.8) is 0 Å². The molecule has 0 saturated heterocycles. The lowest BCUT2D eigenvalue weighted by atomic mass is 9.99. The summed E-state index contributed by atoms with van der Waals surface area (Å²) < 4.78 is 16.3. The number of fused-ring (bicyclic) bond motifs is 1. The highest BCUT2D eigenvalue weighted by Gasteiger charge is 2.34. The molecule has 1 N–H and O–H groups in total. The summed E-state index contributed by atoms with van der Waals surface area (Å²) in [7, 11) is 0. The third-order valence-electron chi connectivity index (χ3n) is 4.02. The summed E-state index contributed by atoms with van der Waals surface area (Å²) in [6.07, 6.45) is 0.257. The summed E-state index contributed by atoms with van der Waals surface area (Å²) in [5.74, 6) is -0.443. The molecule has 1 unspecified atom stereocenters. The van der Waals surface area contributed by atoms with Crippen LogP contribution in [0.1, 0.15) is 58.6 Å². The van der Waals surface area contributed by atoms with Crippen molar-refractivity contribution in [1.29, 1.82) is 0 Å². The van der Waals surface area contributed by atoms with Gasteiger partial charge < -0.3 is 19.5 Å². The minimum Gasteiger partial charge on any atom is -0.458 e. The van der Waals surface area contributed by atoms with Gasteiger partial charge in [-0.1, -0.05) is 24.3 Å². The summed E-state index contributed by atoms with van der Waals surface area (Å²) in [4.78, 5) is 24.1. The Kier molecular flexibility index (Phi) is 6.52. The molecule has 6 heteroatoms. The highest BCUT2D eigenvalue weighted by Crippen LogP contribution is 2.33. The number of hydrogen-bond donors (Lipinski definition) is 1. The minimum absolute atomic E-state index is 0.0452. The van der Waals surface area contributed by atoms with Crippen LogP contribution in [0.5, 0.6) is 0 Å². The number of carbonyl (C=O) groups is 2. The molecule has 6 nitrogen and oxygen atoms in total. The van der Waals surface area contributed by atoms with E-state index in [1.54, 1.807) is 0 Å². The molecule has 1 aliphatic carbocycles. The van der Waals surface area contributed by atoms with Gasteiger partial charge in [0.25, 0.3) is 0 Å². The van der Waals surface area contributed by atoms with Crippen LogP contribution in [-0.4, -0.2) is 42.5 Å². The molecule has 0 aromatic heterocycles. The molecular formula is C21H31NO5. The third-order valence-corrected chi connectivity index (χ3v) is 4.02. The fraction of sp³-hybridized carbons (Fsp3) is 0.619. The van der Waals surface area contributed by atoms with E-state index in [2.05, 4.69) is 5.32 Å². The smallest absolute Gasteiger partial charge is 0.407 e. The number of nitrogens with one attached hydrogen (secondary N) is 1. The van der Waals surface area contributed by atoms with E-state index in [9.17, 15) is 9.59 Å². The van der Waals surface area contributed by atoms with Gasteiger partial charge in [-0.05, 0) is 59.1 Å². The summed E-state index contributed by atoms with van der Waals surface area (Å²) in [5.41, 5.74) is 1.20. The number of alkyl carbamates (subject to hydrolysis) is 1. The molecule has 0 aliphatic heterocycles. The monoisotopic (exact) mass is 377 g/mol. The predicted octanol–water partition coefficient (Wildman–Crippen LogP) is 3.58. The van der Waals surface area contributed by atoms with Crippen molar-refractivity contribution in [2.45, 2.75) is 71.1 Å². The Morgan fingerprint density at radius 1 is 1.04 bits per heavy atom. The SMILES string of the molecule is CC(C)(C)OC(=O)COCC1c2ccccc2C[C@H]1NC(=O)OC(C)(C)C. The van der Waals surface area contributed by atoms with Gasteiger partial charge in [-0.3, -0.25) is 0 Å². The second-order valence-electron chi connectivity index (χ2n) is 8.86. The van der Waals surface area contributed by atoms with Gasteiger partial charge >= 0.3 is 12.1 Å². The molecule has 2 rings (SSSR count). The summed E-state index contributed by atoms with van der Waals surface area (Å²) >= 11 is 0. The number of amides is 1. The highest BCUT2D eigenvalue weighted by atomic mass is 16.6. The van der Waals surface area contributed by atoms with Crippen LogP contribution >= 0.6 is 0 Å². The Morgan fingerprint density at radius 2 is 1.67 bits per heavy atom. The average molecular weight is 377 g/mol. The van der Waals surface area contributed by atoms with E-state index in [0.29, 0.717) is 13.0 Å². The Balaban J connectivity index is 1.98. The maximum Gasteiger partial charge on any atom is 0.407 e. The molecule has 1 aromatic rings. The number of benzene rings is 1. The van der Waals surface area contributed by atoms with E-state index < -0.39 is 23.3 Å². The predicted molar refractivity (Wildman–Crippen MR) is 103 cm³/mol. The fourth-order valence-electron chi connectivity index (χ4n) is 3.13. The Labute approximate surface area is 161 Å². The molecule has 0 spiro atoms. The van der Waals surface area contributed by atoms with Gasteiger partial charge in [0.1, 0.15) is 17.8 Å². The van der Waals surface area contributed by atoms with Crippen LogP contribution in [0.15, 0.2) is 24.3 Å². The van der Waals surface area contributed by atoms with Gasteiger partial charge in [-0.15, -0.1) is 0 Å². The van der Waals surface area contributed by atoms with Gasteiger partial charge in [0, 0.05) is 12.0 Å². The second-order valence-corrected chi connectivity index (χ2v) is 8.86. The fourth-order valence-corrected chi connectivity index (χ4v) is 3.13. The molecule has 1 aliphatic rings. The first-order chi connectivity index (χ1) is 12.4. The number of rotatable bonds is 5. The maximum atomic E-state index is 12.2.